The Balaban J connectivity index is 1.95. The van der Waals surface area contributed by atoms with Crippen LogP contribution in [0.15, 0.2) is 46.2 Å². The van der Waals surface area contributed by atoms with Gasteiger partial charge in [0.2, 0.25) is 10.0 Å². The molecule has 0 bridgehead atoms. The van der Waals surface area contributed by atoms with Crippen LogP contribution >= 0.6 is 0 Å². The van der Waals surface area contributed by atoms with Crippen LogP contribution in [0.4, 0.5) is 10.1 Å². The maximum Gasteiger partial charge on any atom is 0.262 e. The van der Waals surface area contributed by atoms with Crippen molar-refractivity contribution in [1.29, 1.82) is 0 Å². The number of piperidine rings is 1. The zero-order valence-electron chi connectivity index (χ0n) is 15.8. The topological polar surface area (TPSA) is 83.6 Å². The van der Waals surface area contributed by atoms with E-state index >= 15 is 0 Å². The molecule has 1 N–H and O–H groups in total. The molecule has 3 rings (SSSR count). The van der Waals surface area contributed by atoms with Gasteiger partial charge in [0.1, 0.15) is 5.82 Å². The first-order valence-corrected chi connectivity index (χ1v) is 11.9. The lowest BCUT2D eigenvalue weighted by atomic mass is 10.2. The minimum Gasteiger partial charge on any atom is -0.279 e. The van der Waals surface area contributed by atoms with Crippen molar-refractivity contribution >= 4 is 25.7 Å². The molecule has 6 nitrogen and oxygen atoms in total. The molecule has 0 saturated carbocycles. The summed E-state index contributed by atoms with van der Waals surface area (Å²) in [4.78, 5) is -0.00822. The number of anilines is 1. The molecule has 0 atom stereocenters. The average molecular weight is 427 g/mol. The van der Waals surface area contributed by atoms with E-state index in [9.17, 15) is 21.2 Å². The van der Waals surface area contributed by atoms with Gasteiger partial charge >= 0.3 is 0 Å². The standard InChI is InChI=1S/C19H23FN2O4S2/c1-14-6-8-17(28(25,26)22-10-4-3-5-11-22)13-18(14)21-27(23,24)19-9-7-16(20)12-15(19)2/h6-9,12-13,21H,3-5,10-11H2,1-2H3. The van der Waals surface area contributed by atoms with Crippen LogP contribution in [0.5, 0.6) is 0 Å². The number of aryl methyl sites for hydroxylation is 2. The van der Waals surface area contributed by atoms with Crippen molar-refractivity contribution in [2.75, 3.05) is 17.8 Å². The molecule has 0 radical (unpaired) electrons. The van der Waals surface area contributed by atoms with Gasteiger partial charge in [-0.3, -0.25) is 4.72 Å². The maximum absolute atomic E-state index is 13.3. The summed E-state index contributed by atoms with van der Waals surface area (Å²) >= 11 is 0. The third kappa shape index (κ3) is 4.21. The van der Waals surface area contributed by atoms with Crippen LogP contribution in [0, 0.1) is 19.7 Å². The van der Waals surface area contributed by atoms with Crippen LogP contribution in [0.3, 0.4) is 0 Å². The molecule has 0 unspecified atom stereocenters. The number of sulfonamides is 2. The molecular formula is C19H23FN2O4S2. The van der Waals surface area contributed by atoms with Gasteiger partial charge in [0.15, 0.2) is 0 Å². The normalized spacial score (nSPS) is 16.1. The molecule has 0 aromatic heterocycles. The second-order valence-electron chi connectivity index (χ2n) is 6.96. The SMILES string of the molecule is Cc1ccc(S(=O)(=O)N2CCCCC2)cc1NS(=O)(=O)c1ccc(F)cc1C. The summed E-state index contributed by atoms with van der Waals surface area (Å²) in [6.07, 6.45) is 2.63. The van der Waals surface area contributed by atoms with Gasteiger partial charge in [-0.25, -0.2) is 21.2 Å². The molecular weight excluding hydrogens is 403 g/mol. The first-order valence-electron chi connectivity index (χ1n) is 9.01. The van der Waals surface area contributed by atoms with Crippen molar-refractivity contribution in [2.45, 2.75) is 42.9 Å². The Morgan fingerprint density at radius 3 is 2.21 bits per heavy atom. The molecule has 0 amide bonds. The molecule has 2 aromatic carbocycles. The van der Waals surface area contributed by atoms with Crippen molar-refractivity contribution in [3.05, 3.63) is 53.3 Å². The summed E-state index contributed by atoms with van der Waals surface area (Å²) in [5.41, 5.74) is 1.03. The van der Waals surface area contributed by atoms with Gasteiger partial charge in [-0.05, 0) is 68.1 Å². The number of rotatable bonds is 5. The summed E-state index contributed by atoms with van der Waals surface area (Å²) in [7, 11) is -7.68. The Labute approximate surface area is 165 Å². The van der Waals surface area contributed by atoms with E-state index in [1.807, 2.05) is 0 Å². The second-order valence-corrected chi connectivity index (χ2v) is 10.5. The van der Waals surface area contributed by atoms with Crippen LogP contribution in [0.2, 0.25) is 0 Å². The Morgan fingerprint density at radius 1 is 0.893 bits per heavy atom. The summed E-state index contributed by atoms with van der Waals surface area (Å²) in [6, 6.07) is 7.81. The van der Waals surface area contributed by atoms with Gasteiger partial charge in [0, 0.05) is 13.1 Å². The van der Waals surface area contributed by atoms with Gasteiger partial charge in [0.05, 0.1) is 15.5 Å². The Morgan fingerprint density at radius 2 is 1.57 bits per heavy atom. The number of halogens is 1. The maximum atomic E-state index is 13.3. The van der Waals surface area contributed by atoms with E-state index in [0.29, 0.717) is 18.7 Å². The van der Waals surface area contributed by atoms with E-state index in [1.54, 1.807) is 13.0 Å². The molecule has 1 saturated heterocycles. The van der Waals surface area contributed by atoms with Crippen LogP contribution in [-0.2, 0) is 20.0 Å². The highest BCUT2D eigenvalue weighted by atomic mass is 32.2. The molecule has 0 aliphatic carbocycles. The summed E-state index contributed by atoms with van der Waals surface area (Å²) < 4.78 is 68.5. The number of nitrogens with one attached hydrogen (secondary N) is 1. The minimum atomic E-state index is -4.00. The molecule has 0 spiro atoms. The zero-order valence-corrected chi connectivity index (χ0v) is 17.4. The van der Waals surface area contributed by atoms with Crippen molar-refractivity contribution in [1.82, 2.24) is 4.31 Å². The highest BCUT2D eigenvalue weighted by Crippen LogP contribution is 2.27. The Kier molecular flexibility index (Phi) is 5.79. The van der Waals surface area contributed by atoms with Gasteiger partial charge in [0.25, 0.3) is 10.0 Å². The van der Waals surface area contributed by atoms with Crippen molar-refractivity contribution in [2.24, 2.45) is 0 Å². The third-order valence-electron chi connectivity index (χ3n) is 4.83. The largest absolute Gasteiger partial charge is 0.279 e. The van der Waals surface area contributed by atoms with Crippen LogP contribution in [0.1, 0.15) is 30.4 Å². The second kappa shape index (κ2) is 7.81. The number of benzene rings is 2. The van der Waals surface area contributed by atoms with Crippen molar-refractivity contribution < 1.29 is 21.2 Å². The number of nitrogens with zero attached hydrogens (tertiary/aromatic N) is 1. The van der Waals surface area contributed by atoms with E-state index in [1.165, 1.54) is 29.4 Å². The van der Waals surface area contributed by atoms with E-state index in [2.05, 4.69) is 4.72 Å². The highest BCUT2D eigenvalue weighted by Gasteiger charge is 2.27. The van der Waals surface area contributed by atoms with E-state index in [-0.39, 0.29) is 21.0 Å². The average Bonchev–Trinajstić information content (AvgIpc) is 2.63. The lowest BCUT2D eigenvalue weighted by molar-refractivity contribution is 0.346. The van der Waals surface area contributed by atoms with Crippen molar-refractivity contribution in [3.8, 4) is 0 Å². The lowest BCUT2D eigenvalue weighted by Gasteiger charge is -2.26. The molecule has 152 valence electrons. The van der Waals surface area contributed by atoms with Gasteiger partial charge in [-0.15, -0.1) is 0 Å². The Hall–Kier alpha value is -1.97. The highest BCUT2D eigenvalue weighted by molar-refractivity contribution is 7.92. The first-order chi connectivity index (χ1) is 13.1. The van der Waals surface area contributed by atoms with Crippen LogP contribution < -0.4 is 4.72 Å². The van der Waals surface area contributed by atoms with Crippen LogP contribution in [-0.4, -0.2) is 34.2 Å². The van der Waals surface area contributed by atoms with E-state index in [0.717, 1.165) is 31.4 Å². The number of hydrogen-bond donors (Lipinski definition) is 1. The molecule has 1 heterocycles. The predicted molar refractivity (Wildman–Crippen MR) is 106 cm³/mol. The summed E-state index contributed by atoms with van der Waals surface area (Å²) in [5.74, 6) is -0.526. The number of hydrogen-bond acceptors (Lipinski definition) is 4. The van der Waals surface area contributed by atoms with Crippen LogP contribution in [0.25, 0.3) is 0 Å². The lowest BCUT2D eigenvalue weighted by Crippen LogP contribution is -2.35. The quantitative estimate of drug-likeness (QED) is 0.794. The third-order valence-corrected chi connectivity index (χ3v) is 8.25. The molecule has 9 heteroatoms. The van der Waals surface area contributed by atoms with Gasteiger partial charge in [-0.2, -0.15) is 4.31 Å². The first kappa shape index (κ1) is 20.8. The summed E-state index contributed by atoms with van der Waals surface area (Å²) in [6.45, 7) is 4.12. The zero-order chi connectivity index (χ0) is 20.5. The van der Waals surface area contributed by atoms with Crippen molar-refractivity contribution in [3.63, 3.8) is 0 Å². The molecule has 1 fully saturated rings. The monoisotopic (exact) mass is 426 g/mol. The smallest absolute Gasteiger partial charge is 0.262 e. The predicted octanol–water partition coefficient (Wildman–Crippen LogP) is 3.42. The fraction of sp³-hybridized carbons (Fsp3) is 0.368. The fourth-order valence-electron chi connectivity index (χ4n) is 3.24. The fourth-order valence-corrected chi connectivity index (χ4v) is 6.13. The van der Waals surface area contributed by atoms with E-state index < -0.39 is 25.9 Å². The molecule has 2 aromatic rings. The molecule has 1 aliphatic heterocycles. The van der Waals surface area contributed by atoms with Gasteiger partial charge < -0.3 is 0 Å². The minimum absolute atomic E-state index is 0.0496. The Bertz CT molecular complexity index is 1090. The summed E-state index contributed by atoms with van der Waals surface area (Å²) in [5, 5.41) is 0. The molecule has 1 aliphatic rings. The van der Waals surface area contributed by atoms with Gasteiger partial charge in [-0.1, -0.05) is 12.5 Å². The van der Waals surface area contributed by atoms with E-state index in [4.69, 9.17) is 0 Å². The molecule has 28 heavy (non-hydrogen) atoms.